The summed E-state index contributed by atoms with van der Waals surface area (Å²) in [5.74, 6) is -0.473. The van der Waals surface area contributed by atoms with Gasteiger partial charge in [0.15, 0.2) is 0 Å². The molecule has 2 atom stereocenters. The van der Waals surface area contributed by atoms with Gasteiger partial charge in [-0.15, -0.1) is 0 Å². The lowest BCUT2D eigenvalue weighted by molar-refractivity contribution is -0.0587. The minimum Gasteiger partial charge on any atom is -0.368 e. The molecule has 5 heteroatoms. The average Bonchev–Trinajstić information content (AvgIpc) is 2.99. The second-order valence-electron chi connectivity index (χ2n) is 8.30. The topological polar surface area (TPSA) is 70.4 Å². The predicted octanol–water partition coefficient (Wildman–Crippen LogP) is 4.39. The summed E-state index contributed by atoms with van der Waals surface area (Å²) in [5, 5.41) is 9.31. The van der Waals surface area contributed by atoms with Crippen molar-refractivity contribution in [2.75, 3.05) is 6.54 Å². The first kappa shape index (κ1) is 19.4. The monoisotopic (exact) mass is 388 g/mol. The molecule has 2 aromatic rings. The second-order valence-corrected chi connectivity index (χ2v) is 8.30. The Balaban J connectivity index is 1.45. The molecule has 0 aliphatic carbocycles. The zero-order valence-electron chi connectivity index (χ0n) is 16.7. The summed E-state index contributed by atoms with van der Waals surface area (Å²) in [6.07, 6.45) is 2.46. The van der Waals surface area contributed by atoms with Crippen molar-refractivity contribution in [2.24, 2.45) is 0 Å². The summed E-state index contributed by atoms with van der Waals surface area (Å²) in [5.41, 5.74) is 2.46. The molecule has 0 aromatic heterocycles. The van der Waals surface area contributed by atoms with Gasteiger partial charge in [0.25, 0.3) is 11.8 Å². The van der Waals surface area contributed by atoms with Crippen molar-refractivity contribution in [3.8, 4) is 6.07 Å². The fraction of sp³-hybridized carbons (Fsp3) is 0.375. The maximum atomic E-state index is 12.6. The highest BCUT2D eigenvalue weighted by Crippen LogP contribution is 2.34. The number of amides is 2. The number of carbonyl (C=O) groups excluding carboxylic acids is 2. The number of benzene rings is 2. The van der Waals surface area contributed by atoms with Gasteiger partial charge >= 0.3 is 0 Å². The van der Waals surface area contributed by atoms with Crippen molar-refractivity contribution in [1.29, 1.82) is 5.26 Å². The number of rotatable bonds is 4. The van der Waals surface area contributed by atoms with Crippen molar-refractivity contribution < 1.29 is 14.3 Å². The lowest BCUT2D eigenvalue weighted by atomic mass is 9.85. The molecule has 2 aliphatic rings. The third kappa shape index (κ3) is 3.56. The van der Waals surface area contributed by atoms with E-state index >= 15 is 0 Å². The van der Waals surface area contributed by atoms with Gasteiger partial charge in [-0.2, -0.15) is 5.26 Å². The molecule has 4 rings (SSSR count). The van der Waals surface area contributed by atoms with Crippen LogP contribution >= 0.6 is 0 Å². The largest absolute Gasteiger partial charge is 0.368 e. The molecule has 2 amide bonds. The standard InChI is InChI=1S/C24H24N2O3/c1-24(2,15-25)17-12-10-16(11-13-17)21-9-5-6-18(29-21)14-26-22(27)19-7-3-4-8-20(19)23(26)28/h3-4,7-8,10-13,18,21H,5-6,9,14H2,1-2H3/t18-,21+/m0/s1. The third-order valence-corrected chi connectivity index (χ3v) is 5.90. The summed E-state index contributed by atoms with van der Waals surface area (Å²) >= 11 is 0. The molecule has 5 nitrogen and oxygen atoms in total. The van der Waals surface area contributed by atoms with Crippen LogP contribution in [0.15, 0.2) is 48.5 Å². The molecule has 0 bridgehead atoms. The summed E-state index contributed by atoms with van der Waals surface area (Å²) in [6.45, 7) is 4.08. The van der Waals surface area contributed by atoms with Gasteiger partial charge in [-0.05, 0) is 56.4 Å². The quantitative estimate of drug-likeness (QED) is 0.728. The first-order chi connectivity index (χ1) is 13.9. The smallest absolute Gasteiger partial charge is 0.261 e. The van der Waals surface area contributed by atoms with Crippen molar-refractivity contribution in [1.82, 2.24) is 4.90 Å². The number of nitrogens with zero attached hydrogens (tertiary/aromatic N) is 2. The van der Waals surface area contributed by atoms with Crippen molar-refractivity contribution >= 4 is 11.8 Å². The number of hydrogen-bond donors (Lipinski definition) is 0. The van der Waals surface area contributed by atoms with Crippen LogP contribution in [0.2, 0.25) is 0 Å². The second kappa shape index (κ2) is 7.46. The molecule has 29 heavy (non-hydrogen) atoms. The molecule has 0 unspecified atom stereocenters. The van der Waals surface area contributed by atoms with E-state index in [4.69, 9.17) is 4.74 Å². The SMILES string of the molecule is CC(C)(C#N)c1ccc([C@H]2CCC[C@@H](CN3C(=O)c4ccccc4C3=O)O2)cc1. The van der Waals surface area contributed by atoms with E-state index in [1.165, 1.54) is 4.90 Å². The molecule has 148 valence electrons. The van der Waals surface area contributed by atoms with Gasteiger partial charge in [0.05, 0.1) is 41.4 Å². The molecular formula is C24H24N2O3. The zero-order valence-corrected chi connectivity index (χ0v) is 16.7. The van der Waals surface area contributed by atoms with Gasteiger partial charge in [0.1, 0.15) is 0 Å². The van der Waals surface area contributed by atoms with E-state index in [2.05, 4.69) is 6.07 Å². The van der Waals surface area contributed by atoms with Gasteiger partial charge in [-0.3, -0.25) is 14.5 Å². The Morgan fingerprint density at radius 1 is 1.03 bits per heavy atom. The zero-order chi connectivity index (χ0) is 20.6. The van der Waals surface area contributed by atoms with Crippen molar-refractivity contribution in [3.63, 3.8) is 0 Å². The van der Waals surface area contributed by atoms with Crippen LogP contribution in [0.25, 0.3) is 0 Å². The molecular weight excluding hydrogens is 364 g/mol. The number of carbonyl (C=O) groups is 2. The molecule has 1 fully saturated rings. The number of fused-ring (bicyclic) bond motifs is 1. The molecule has 0 radical (unpaired) electrons. The summed E-state index contributed by atoms with van der Waals surface area (Å²) < 4.78 is 6.27. The minimum absolute atomic E-state index is 0.0665. The Morgan fingerprint density at radius 2 is 1.66 bits per heavy atom. The highest BCUT2D eigenvalue weighted by Gasteiger charge is 2.37. The van der Waals surface area contributed by atoms with Crippen LogP contribution in [0.3, 0.4) is 0 Å². The van der Waals surface area contributed by atoms with E-state index in [9.17, 15) is 14.9 Å². The molecule has 0 saturated carbocycles. The number of hydrogen-bond acceptors (Lipinski definition) is 4. The minimum atomic E-state index is -0.528. The Kier molecular flexibility index (Phi) is 4.97. The summed E-state index contributed by atoms with van der Waals surface area (Å²) in [6, 6.07) is 17.3. The number of imide groups is 1. The van der Waals surface area contributed by atoms with Gasteiger partial charge in [0.2, 0.25) is 0 Å². The first-order valence-corrected chi connectivity index (χ1v) is 10.0. The van der Waals surface area contributed by atoms with E-state index in [1.807, 2.05) is 38.1 Å². The van der Waals surface area contributed by atoms with Crippen LogP contribution in [-0.2, 0) is 10.2 Å². The third-order valence-electron chi connectivity index (χ3n) is 5.90. The number of nitriles is 1. The van der Waals surface area contributed by atoms with Crippen molar-refractivity contribution in [2.45, 2.75) is 50.7 Å². The van der Waals surface area contributed by atoms with Crippen LogP contribution in [0.1, 0.15) is 71.1 Å². The maximum Gasteiger partial charge on any atom is 0.261 e. The Bertz CT molecular complexity index is 953. The van der Waals surface area contributed by atoms with Gasteiger partial charge in [-0.25, -0.2) is 0 Å². The number of ether oxygens (including phenoxy) is 1. The van der Waals surface area contributed by atoms with E-state index in [1.54, 1.807) is 24.3 Å². The van der Waals surface area contributed by atoms with Gasteiger partial charge in [-0.1, -0.05) is 36.4 Å². The van der Waals surface area contributed by atoms with Gasteiger partial charge < -0.3 is 4.74 Å². The first-order valence-electron chi connectivity index (χ1n) is 10.0. The highest BCUT2D eigenvalue weighted by molar-refractivity contribution is 6.21. The molecule has 0 N–H and O–H groups in total. The lowest BCUT2D eigenvalue weighted by Gasteiger charge is -2.32. The predicted molar refractivity (Wildman–Crippen MR) is 108 cm³/mol. The van der Waals surface area contributed by atoms with Crippen LogP contribution in [0.4, 0.5) is 0 Å². The van der Waals surface area contributed by atoms with Crippen LogP contribution in [0, 0.1) is 11.3 Å². The fourth-order valence-corrected chi connectivity index (χ4v) is 4.07. The molecule has 2 aliphatic heterocycles. The van der Waals surface area contributed by atoms with E-state index in [0.29, 0.717) is 11.1 Å². The van der Waals surface area contributed by atoms with Gasteiger partial charge in [0, 0.05) is 0 Å². The normalized spacial score (nSPS) is 21.8. The fourth-order valence-electron chi connectivity index (χ4n) is 4.07. The van der Waals surface area contributed by atoms with Crippen molar-refractivity contribution in [3.05, 3.63) is 70.8 Å². The molecule has 1 saturated heterocycles. The maximum absolute atomic E-state index is 12.6. The molecule has 2 aromatic carbocycles. The van der Waals surface area contributed by atoms with Crippen LogP contribution < -0.4 is 0 Å². The highest BCUT2D eigenvalue weighted by atomic mass is 16.5. The average molecular weight is 388 g/mol. The Labute approximate surface area is 170 Å². The van der Waals surface area contributed by atoms with Crippen LogP contribution in [-0.4, -0.2) is 29.4 Å². The molecule has 0 spiro atoms. The van der Waals surface area contributed by atoms with E-state index < -0.39 is 5.41 Å². The van der Waals surface area contributed by atoms with E-state index in [0.717, 1.165) is 30.4 Å². The van der Waals surface area contributed by atoms with E-state index in [-0.39, 0.29) is 30.6 Å². The van der Waals surface area contributed by atoms with Crippen LogP contribution in [0.5, 0.6) is 0 Å². The summed E-state index contributed by atoms with van der Waals surface area (Å²) in [4.78, 5) is 26.5. The summed E-state index contributed by atoms with van der Waals surface area (Å²) in [7, 11) is 0. The Hall–Kier alpha value is -2.97. The lowest BCUT2D eigenvalue weighted by Crippen LogP contribution is -2.39. The molecule has 2 heterocycles. The Morgan fingerprint density at radius 3 is 2.24 bits per heavy atom.